The van der Waals surface area contributed by atoms with E-state index in [1.807, 2.05) is 23.8 Å². The molecule has 0 spiro atoms. The van der Waals surface area contributed by atoms with Crippen LogP contribution in [0.4, 0.5) is 4.39 Å². The van der Waals surface area contributed by atoms with E-state index in [4.69, 9.17) is 4.74 Å². The zero-order valence-corrected chi connectivity index (χ0v) is 16.0. The van der Waals surface area contributed by atoms with Gasteiger partial charge in [0.15, 0.2) is 0 Å². The van der Waals surface area contributed by atoms with Gasteiger partial charge in [0.1, 0.15) is 41.9 Å². The number of rotatable bonds is 3. The Morgan fingerprint density at radius 3 is 2.97 bits per heavy atom. The molecule has 2 unspecified atom stereocenters. The maximum atomic E-state index is 14.1. The Kier molecular flexibility index (Phi) is 4.49. The number of aryl methyl sites for hydroxylation is 1. The van der Waals surface area contributed by atoms with Crippen molar-refractivity contribution >= 4 is 11.0 Å². The van der Waals surface area contributed by atoms with E-state index >= 15 is 0 Å². The number of ether oxygens (including phenoxy) is 1. The van der Waals surface area contributed by atoms with Crippen LogP contribution in [0.15, 0.2) is 30.7 Å². The maximum Gasteiger partial charge on any atom is 0.143 e. The predicted molar refractivity (Wildman–Crippen MR) is 104 cm³/mol. The molecule has 2 aromatic heterocycles. The lowest BCUT2D eigenvalue weighted by molar-refractivity contribution is -0.0167. The number of hydrogen-bond acceptors (Lipinski definition) is 6. The van der Waals surface area contributed by atoms with Crippen LogP contribution in [0.3, 0.4) is 0 Å². The molecule has 3 N–H and O–H groups in total. The summed E-state index contributed by atoms with van der Waals surface area (Å²) in [7, 11) is 0. The fourth-order valence-corrected chi connectivity index (χ4v) is 4.52. The monoisotopic (exact) mass is 398 g/mol. The summed E-state index contributed by atoms with van der Waals surface area (Å²) in [5.41, 5.74) is 3.40. The van der Waals surface area contributed by atoms with Gasteiger partial charge in [-0.1, -0.05) is 0 Å². The molecule has 0 saturated heterocycles. The SMILES string of the molecule is Cc1ncnc2c1ccn2C1CC(Oc2cc(F)cc3c2CNCC3)[C@@H](O)[C@H]1O. The third-order valence-corrected chi connectivity index (χ3v) is 6.08. The lowest BCUT2D eigenvalue weighted by Gasteiger charge is -2.24. The smallest absolute Gasteiger partial charge is 0.143 e. The van der Waals surface area contributed by atoms with Gasteiger partial charge in [0, 0.05) is 36.2 Å². The summed E-state index contributed by atoms with van der Waals surface area (Å²) in [6.07, 6.45) is 1.70. The quantitative estimate of drug-likeness (QED) is 0.621. The highest BCUT2D eigenvalue weighted by Gasteiger charge is 2.44. The number of fused-ring (bicyclic) bond motifs is 2. The third-order valence-electron chi connectivity index (χ3n) is 6.08. The van der Waals surface area contributed by atoms with Crippen LogP contribution in [0.5, 0.6) is 5.75 Å². The molecule has 0 radical (unpaired) electrons. The molecule has 4 atom stereocenters. The standard InChI is InChI=1S/C21H23FN4O3/c1-11-14-3-5-26(21(14)25-10-24-11)16-8-18(20(28)19(16)27)29-17-7-13(22)6-12-2-4-23-9-15(12)17/h3,5-7,10,16,18-20,23,27-28H,2,4,8-9H2,1H3/t16?,18?,19-,20+/m0/s1. The van der Waals surface area contributed by atoms with Crippen LogP contribution in [0.1, 0.15) is 29.3 Å². The van der Waals surface area contributed by atoms with E-state index < -0.39 is 24.4 Å². The normalized spacial score (nSPS) is 26.6. The number of benzene rings is 1. The molecule has 29 heavy (non-hydrogen) atoms. The van der Waals surface area contributed by atoms with Crippen LogP contribution in [0.25, 0.3) is 11.0 Å². The largest absolute Gasteiger partial charge is 0.487 e. The number of nitrogens with one attached hydrogen (secondary N) is 1. The van der Waals surface area contributed by atoms with Crippen LogP contribution in [0, 0.1) is 12.7 Å². The van der Waals surface area contributed by atoms with E-state index in [0.29, 0.717) is 24.4 Å². The summed E-state index contributed by atoms with van der Waals surface area (Å²) in [5, 5.41) is 25.6. The van der Waals surface area contributed by atoms with Gasteiger partial charge in [-0.3, -0.25) is 0 Å². The highest BCUT2D eigenvalue weighted by Crippen LogP contribution is 2.37. The van der Waals surface area contributed by atoms with Crippen molar-refractivity contribution in [1.29, 1.82) is 0 Å². The van der Waals surface area contributed by atoms with Gasteiger partial charge in [0.25, 0.3) is 0 Å². The molecule has 1 aliphatic heterocycles. The minimum atomic E-state index is -1.09. The average Bonchev–Trinajstić information content (AvgIpc) is 3.25. The Hall–Kier alpha value is -2.55. The summed E-state index contributed by atoms with van der Waals surface area (Å²) in [4.78, 5) is 8.54. The summed E-state index contributed by atoms with van der Waals surface area (Å²) in [6.45, 7) is 3.30. The number of aromatic nitrogens is 3. The molecule has 0 amide bonds. The van der Waals surface area contributed by atoms with Crippen molar-refractivity contribution in [2.45, 2.75) is 50.7 Å². The van der Waals surface area contributed by atoms with E-state index in [1.54, 1.807) is 6.07 Å². The summed E-state index contributed by atoms with van der Waals surface area (Å²) < 4.78 is 22.0. The first-order chi connectivity index (χ1) is 14.0. The van der Waals surface area contributed by atoms with Gasteiger partial charge < -0.3 is 24.8 Å². The van der Waals surface area contributed by atoms with E-state index in [1.165, 1.54) is 12.4 Å². The summed E-state index contributed by atoms with van der Waals surface area (Å²) >= 11 is 0. The minimum Gasteiger partial charge on any atom is -0.487 e. The zero-order chi connectivity index (χ0) is 20.1. The van der Waals surface area contributed by atoms with Crippen LogP contribution >= 0.6 is 0 Å². The Labute approximate surface area is 167 Å². The van der Waals surface area contributed by atoms with Gasteiger partial charge in [-0.25, -0.2) is 14.4 Å². The Bertz CT molecular complexity index is 1070. The topological polar surface area (TPSA) is 92.4 Å². The molecule has 5 rings (SSSR count). The first kappa shape index (κ1) is 18.5. The van der Waals surface area contributed by atoms with Gasteiger partial charge in [-0.2, -0.15) is 0 Å². The molecule has 1 aromatic carbocycles. The second-order valence-electron chi connectivity index (χ2n) is 7.83. The van der Waals surface area contributed by atoms with E-state index in [2.05, 4.69) is 15.3 Å². The predicted octanol–water partition coefficient (Wildman–Crippen LogP) is 1.64. The number of aliphatic hydroxyl groups excluding tert-OH is 2. The van der Waals surface area contributed by atoms with Gasteiger partial charge in [-0.05, 0) is 37.6 Å². The zero-order valence-electron chi connectivity index (χ0n) is 16.0. The van der Waals surface area contributed by atoms with E-state index in [-0.39, 0.29) is 5.82 Å². The van der Waals surface area contributed by atoms with Crippen LogP contribution in [0.2, 0.25) is 0 Å². The van der Waals surface area contributed by atoms with Crippen molar-refractivity contribution in [2.75, 3.05) is 6.54 Å². The summed E-state index contributed by atoms with van der Waals surface area (Å²) in [6, 6.07) is 4.41. The van der Waals surface area contributed by atoms with E-state index in [9.17, 15) is 14.6 Å². The lowest BCUT2D eigenvalue weighted by atomic mass is 10.00. The number of hydrogen-bond donors (Lipinski definition) is 3. The average molecular weight is 398 g/mol. The fourth-order valence-electron chi connectivity index (χ4n) is 4.52. The van der Waals surface area contributed by atoms with Gasteiger partial charge in [0.05, 0.1) is 11.7 Å². The third kappa shape index (κ3) is 3.08. The first-order valence-electron chi connectivity index (χ1n) is 9.86. The van der Waals surface area contributed by atoms with Crippen molar-refractivity contribution < 1.29 is 19.3 Å². The number of halogens is 1. The molecule has 1 aliphatic carbocycles. The molecule has 3 aromatic rings. The molecule has 1 saturated carbocycles. The molecule has 7 nitrogen and oxygen atoms in total. The second kappa shape index (κ2) is 7.05. The Morgan fingerprint density at radius 2 is 2.10 bits per heavy atom. The lowest BCUT2D eigenvalue weighted by Crippen LogP contribution is -2.35. The van der Waals surface area contributed by atoms with Crippen molar-refractivity contribution in [2.24, 2.45) is 0 Å². The van der Waals surface area contributed by atoms with Gasteiger partial charge in [-0.15, -0.1) is 0 Å². The van der Waals surface area contributed by atoms with Crippen molar-refractivity contribution in [3.8, 4) is 5.75 Å². The van der Waals surface area contributed by atoms with Crippen LogP contribution in [-0.4, -0.2) is 49.6 Å². The highest BCUT2D eigenvalue weighted by atomic mass is 19.1. The molecular weight excluding hydrogens is 375 g/mol. The first-order valence-corrected chi connectivity index (χ1v) is 9.86. The number of nitrogens with zero attached hydrogens (tertiary/aromatic N) is 3. The Morgan fingerprint density at radius 1 is 1.24 bits per heavy atom. The molecule has 0 bridgehead atoms. The van der Waals surface area contributed by atoms with Gasteiger partial charge >= 0.3 is 0 Å². The molecule has 3 heterocycles. The van der Waals surface area contributed by atoms with E-state index in [0.717, 1.165) is 35.2 Å². The molecule has 1 fully saturated rings. The highest BCUT2D eigenvalue weighted by molar-refractivity contribution is 5.78. The Balaban J connectivity index is 1.45. The molecular formula is C21H23FN4O3. The van der Waals surface area contributed by atoms with Crippen molar-refractivity contribution in [3.63, 3.8) is 0 Å². The molecule has 152 valence electrons. The molecule has 8 heteroatoms. The fraction of sp³-hybridized carbons (Fsp3) is 0.429. The minimum absolute atomic E-state index is 0.353. The molecule has 2 aliphatic rings. The maximum absolute atomic E-state index is 14.1. The van der Waals surface area contributed by atoms with Crippen molar-refractivity contribution in [3.05, 3.63) is 53.4 Å². The second-order valence-corrected chi connectivity index (χ2v) is 7.83. The summed E-state index contributed by atoms with van der Waals surface area (Å²) in [5.74, 6) is 0.0773. The van der Waals surface area contributed by atoms with Gasteiger partial charge in [0.2, 0.25) is 0 Å². The van der Waals surface area contributed by atoms with Crippen molar-refractivity contribution in [1.82, 2.24) is 19.9 Å². The number of aliphatic hydroxyl groups is 2. The van der Waals surface area contributed by atoms with Crippen LogP contribution < -0.4 is 10.1 Å². The van der Waals surface area contributed by atoms with Crippen LogP contribution in [-0.2, 0) is 13.0 Å².